The third kappa shape index (κ3) is 1.54. The van der Waals surface area contributed by atoms with Crippen LogP contribution in [0.15, 0.2) is 29.2 Å². The van der Waals surface area contributed by atoms with Crippen molar-refractivity contribution in [1.29, 1.82) is 0 Å². The summed E-state index contributed by atoms with van der Waals surface area (Å²) in [6.07, 6.45) is 1.06. The Labute approximate surface area is 81.2 Å². The van der Waals surface area contributed by atoms with Crippen LogP contribution in [0.2, 0.25) is 0 Å². The summed E-state index contributed by atoms with van der Waals surface area (Å²) >= 11 is 0. The third-order valence-electron chi connectivity index (χ3n) is 2.21. The lowest BCUT2D eigenvalue weighted by Gasteiger charge is -2.10. The molecule has 0 fully saturated rings. The predicted octanol–water partition coefficient (Wildman–Crippen LogP) is 1.93. The monoisotopic (exact) mass is 195 g/mol. The van der Waals surface area contributed by atoms with Gasteiger partial charge in [-0.2, -0.15) is 0 Å². The Morgan fingerprint density at radius 3 is 2.92 bits per heavy atom. The molecule has 1 unspecified atom stereocenters. The highest BCUT2D eigenvalue weighted by molar-refractivity contribution is 7.83. The molecule has 13 heavy (non-hydrogen) atoms. The molecule has 0 radical (unpaired) electrons. The van der Waals surface area contributed by atoms with Gasteiger partial charge >= 0.3 is 0 Å². The molecule has 1 atom stereocenters. The van der Waals surface area contributed by atoms with Crippen LogP contribution in [0.5, 0.6) is 0 Å². The van der Waals surface area contributed by atoms with Crippen LogP contribution in [-0.2, 0) is 17.5 Å². The summed E-state index contributed by atoms with van der Waals surface area (Å²) in [5, 5.41) is 0. The lowest BCUT2D eigenvalue weighted by atomic mass is 10.2. The van der Waals surface area contributed by atoms with Gasteiger partial charge in [0.1, 0.15) is 11.0 Å². The number of fused-ring (bicyclic) bond motifs is 1. The average Bonchev–Trinajstić information content (AvgIpc) is 2.46. The van der Waals surface area contributed by atoms with E-state index in [0.717, 1.165) is 24.4 Å². The van der Waals surface area contributed by atoms with E-state index in [-0.39, 0.29) is 0 Å². The van der Waals surface area contributed by atoms with Gasteiger partial charge in [-0.05, 0) is 18.1 Å². The molecule has 1 aliphatic heterocycles. The Morgan fingerprint density at radius 1 is 1.46 bits per heavy atom. The zero-order valence-electron chi connectivity index (χ0n) is 7.69. The second-order valence-corrected chi connectivity index (χ2v) is 4.67. The van der Waals surface area contributed by atoms with Crippen LogP contribution in [0.1, 0.15) is 18.9 Å². The van der Waals surface area contributed by atoms with Crippen molar-refractivity contribution in [2.24, 2.45) is 0 Å². The molecular formula is C10H13NOS. The van der Waals surface area contributed by atoms with Crippen LogP contribution in [0.25, 0.3) is 0 Å². The molecule has 1 aliphatic rings. The highest BCUT2D eigenvalue weighted by Crippen LogP contribution is 2.26. The smallest absolute Gasteiger partial charge is 0.128 e. The molecule has 2 rings (SSSR count). The molecule has 3 heteroatoms. The van der Waals surface area contributed by atoms with Gasteiger partial charge in [-0.3, -0.25) is 0 Å². The predicted molar refractivity (Wildman–Crippen MR) is 53.6 cm³/mol. The van der Waals surface area contributed by atoms with Gasteiger partial charge in [0, 0.05) is 13.1 Å². The van der Waals surface area contributed by atoms with E-state index in [1.165, 1.54) is 5.56 Å². The topological polar surface area (TPSA) is 20.3 Å². The van der Waals surface area contributed by atoms with E-state index in [9.17, 15) is 4.21 Å². The van der Waals surface area contributed by atoms with Crippen LogP contribution < -0.4 is 0 Å². The quantitative estimate of drug-likeness (QED) is 0.706. The standard InChI is InChI=1S/C10H13NOS/c1-2-7-11-8-9-5-3-4-6-10(9)13(11)12/h3-6H,2,7-8H2,1H3. The van der Waals surface area contributed by atoms with Gasteiger partial charge in [-0.25, -0.2) is 8.51 Å². The zero-order chi connectivity index (χ0) is 9.26. The molecule has 0 N–H and O–H groups in total. The molecule has 0 spiro atoms. The van der Waals surface area contributed by atoms with Crippen molar-refractivity contribution in [2.75, 3.05) is 6.54 Å². The van der Waals surface area contributed by atoms with Crippen molar-refractivity contribution in [1.82, 2.24) is 4.31 Å². The van der Waals surface area contributed by atoms with Crippen LogP contribution in [0.3, 0.4) is 0 Å². The van der Waals surface area contributed by atoms with E-state index in [4.69, 9.17) is 0 Å². The average molecular weight is 195 g/mol. The Balaban J connectivity index is 2.28. The fraction of sp³-hybridized carbons (Fsp3) is 0.400. The lowest BCUT2D eigenvalue weighted by molar-refractivity contribution is 0.455. The summed E-state index contributed by atoms with van der Waals surface area (Å²) in [6.45, 7) is 3.87. The van der Waals surface area contributed by atoms with Crippen molar-refractivity contribution >= 4 is 11.0 Å². The van der Waals surface area contributed by atoms with Gasteiger partial charge in [0.2, 0.25) is 0 Å². The number of nitrogens with zero attached hydrogens (tertiary/aromatic N) is 1. The van der Waals surface area contributed by atoms with Crippen molar-refractivity contribution in [2.45, 2.75) is 24.8 Å². The Morgan fingerprint density at radius 2 is 2.23 bits per heavy atom. The second-order valence-electron chi connectivity index (χ2n) is 3.22. The van der Waals surface area contributed by atoms with Crippen LogP contribution in [-0.4, -0.2) is 15.1 Å². The van der Waals surface area contributed by atoms with Gasteiger partial charge in [0.15, 0.2) is 0 Å². The van der Waals surface area contributed by atoms with Crippen molar-refractivity contribution in [3.8, 4) is 0 Å². The van der Waals surface area contributed by atoms with E-state index >= 15 is 0 Å². The van der Waals surface area contributed by atoms with Crippen molar-refractivity contribution in [3.63, 3.8) is 0 Å². The summed E-state index contributed by atoms with van der Waals surface area (Å²) in [7, 11) is -0.902. The molecule has 1 aromatic rings. The molecular weight excluding hydrogens is 182 g/mol. The molecule has 2 nitrogen and oxygen atoms in total. The van der Waals surface area contributed by atoms with Crippen LogP contribution in [0.4, 0.5) is 0 Å². The molecule has 0 amide bonds. The highest BCUT2D eigenvalue weighted by atomic mass is 32.2. The first-order valence-electron chi connectivity index (χ1n) is 4.57. The maximum Gasteiger partial charge on any atom is 0.128 e. The molecule has 1 heterocycles. The number of hydrogen-bond donors (Lipinski definition) is 0. The molecule has 70 valence electrons. The van der Waals surface area contributed by atoms with E-state index in [2.05, 4.69) is 13.0 Å². The zero-order valence-corrected chi connectivity index (χ0v) is 8.51. The normalized spacial score (nSPS) is 21.8. The van der Waals surface area contributed by atoms with Gasteiger partial charge in [0.05, 0.1) is 4.90 Å². The van der Waals surface area contributed by atoms with E-state index in [0.29, 0.717) is 0 Å². The fourth-order valence-electron chi connectivity index (χ4n) is 1.60. The van der Waals surface area contributed by atoms with Crippen LogP contribution >= 0.6 is 0 Å². The molecule has 0 aromatic heterocycles. The van der Waals surface area contributed by atoms with Gasteiger partial charge < -0.3 is 0 Å². The Bertz CT molecular complexity index is 337. The number of rotatable bonds is 2. The highest BCUT2D eigenvalue weighted by Gasteiger charge is 2.24. The SMILES string of the molecule is CCCN1Cc2ccccc2S1=O. The lowest BCUT2D eigenvalue weighted by Crippen LogP contribution is -2.19. The largest absolute Gasteiger partial charge is 0.237 e. The minimum atomic E-state index is -0.902. The van der Waals surface area contributed by atoms with Gasteiger partial charge in [-0.1, -0.05) is 25.1 Å². The molecule has 0 saturated heterocycles. The number of benzene rings is 1. The maximum absolute atomic E-state index is 11.8. The molecule has 1 aromatic carbocycles. The van der Waals surface area contributed by atoms with E-state index in [1.807, 2.05) is 22.5 Å². The van der Waals surface area contributed by atoms with E-state index < -0.39 is 11.0 Å². The first-order valence-corrected chi connectivity index (χ1v) is 5.68. The van der Waals surface area contributed by atoms with Crippen molar-refractivity contribution < 1.29 is 4.21 Å². The first-order chi connectivity index (χ1) is 6.33. The molecule has 0 saturated carbocycles. The molecule has 0 bridgehead atoms. The Kier molecular flexibility index (Phi) is 2.47. The van der Waals surface area contributed by atoms with E-state index in [1.54, 1.807) is 0 Å². The minimum Gasteiger partial charge on any atom is -0.237 e. The van der Waals surface area contributed by atoms with Crippen LogP contribution in [0, 0.1) is 0 Å². The summed E-state index contributed by atoms with van der Waals surface area (Å²) in [5.74, 6) is 0. The second kappa shape index (κ2) is 3.60. The summed E-state index contributed by atoms with van der Waals surface area (Å²) < 4.78 is 13.8. The van der Waals surface area contributed by atoms with Crippen molar-refractivity contribution in [3.05, 3.63) is 29.8 Å². The third-order valence-corrected chi connectivity index (χ3v) is 3.77. The van der Waals surface area contributed by atoms with Gasteiger partial charge in [0.25, 0.3) is 0 Å². The Hall–Kier alpha value is -0.670. The fourth-order valence-corrected chi connectivity index (χ4v) is 3.04. The maximum atomic E-state index is 11.8. The summed E-state index contributed by atoms with van der Waals surface area (Å²) in [5.41, 5.74) is 1.22. The van der Waals surface area contributed by atoms with Gasteiger partial charge in [-0.15, -0.1) is 0 Å². The summed E-state index contributed by atoms with van der Waals surface area (Å²) in [6, 6.07) is 7.97. The summed E-state index contributed by atoms with van der Waals surface area (Å²) in [4.78, 5) is 0.996. The first kappa shape index (κ1) is 8.91. The molecule has 0 aliphatic carbocycles. The minimum absolute atomic E-state index is 0.844. The number of hydrogen-bond acceptors (Lipinski definition) is 1.